The Morgan fingerprint density at radius 2 is 1.75 bits per heavy atom. The van der Waals surface area contributed by atoms with E-state index in [1.165, 1.54) is 11.3 Å². The maximum atomic E-state index is 14.2. The molecule has 13 nitrogen and oxygen atoms in total. The molecule has 0 saturated carbocycles. The van der Waals surface area contributed by atoms with Crippen LogP contribution >= 0.6 is 11.3 Å². The molecule has 0 radical (unpaired) electrons. The second-order valence-corrected chi connectivity index (χ2v) is 16.5. The van der Waals surface area contributed by atoms with Crippen molar-refractivity contribution < 1.29 is 28.7 Å². The predicted octanol–water partition coefficient (Wildman–Crippen LogP) is 4.15. The number of methoxy groups -OCH3 is 2. The number of hydrogen-bond acceptors (Lipinski definition) is 10. The largest absolute Gasteiger partial charge is 0.379 e. The Balaban J connectivity index is 1.70. The summed E-state index contributed by atoms with van der Waals surface area (Å²) in [6.45, 7) is 12.0. The van der Waals surface area contributed by atoms with Gasteiger partial charge in [0.15, 0.2) is 0 Å². The first kappa shape index (κ1) is 46.9. The number of carbonyl (C=O) groups is 4. The molecule has 3 N–H and O–H groups in total. The number of hydrogen-bond donors (Lipinski definition) is 3. The van der Waals surface area contributed by atoms with Crippen LogP contribution in [0.1, 0.15) is 83.3 Å². The number of likely N-dealkylation sites (tertiary alicyclic amines) is 1. The van der Waals surface area contributed by atoms with Gasteiger partial charge in [-0.1, -0.05) is 71.4 Å². The third kappa shape index (κ3) is 13.1. The summed E-state index contributed by atoms with van der Waals surface area (Å²) < 4.78 is 12.0. The molecule has 7 unspecified atom stereocenters. The molecule has 0 bridgehead atoms. The second-order valence-electron chi connectivity index (χ2n) is 15.6. The first-order valence-corrected chi connectivity index (χ1v) is 21.1. The van der Waals surface area contributed by atoms with Crippen LogP contribution in [-0.2, 0) is 35.1 Å². The number of aromatic nitrogens is 1. The van der Waals surface area contributed by atoms with E-state index >= 15 is 0 Å². The van der Waals surface area contributed by atoms with E-state index < -0.39 is 24.2 Å². The topological polar surface area (TPSA) is 145 Å². The van der Waals surface area contributed by atoms with Gasteiger partial charge in [-0.3, -0.25) is 24.1 Å². The first-order valence-electron chi connectivity index (χ1n) is 20.3. The minimum Gasteiger partial charge on any atom is -0.379 e. The van der Waals surface area contributed by atoms with E-state index in [9.17, 15) is 19.2 Å². The van der Waals surface area contributed by atoms with Crippen LogP contribution in [0.4, 0.5) is 0 Å². The average Bonchev–Trinajstić information content (AvgIpc) is 3.90. The molecule has 0 aliphatic carbocycles. The predicted molar refractivity (Wildman–Crippen MR) is 222 cm³/mol. The van der Waals surface area contributed by atoms with Crippen LogP contribution in [0.25, 0.3) is 0 Å². The molecule has 14 heteroatoms. The number of nitrogens with one attached hydrogen (secondary N) is 3. The number of thiazole rings is 1. The molecule has 1 aromatic carbocycles. The van der Waals surface area contributed by atoms with Crippen molar-refractivity contribution in [3.05, 3.63) is 52.5 Å². The van der Waals surface area contributed by atoms with Crippen LogP contribution in [0.5, 0.6) is 0 Å². The van der Waals surface area contributed by atoms with E-state index in [0.29, 0.717) is 19.4 Å². The van der Waals surface area contributed by atoms with Crippen molar-refractivity contribution in [2.45, 2.75) is 110 Å². The molecule has 1 aliphatic heterocycles. The lowest BCUT2D eigenvalue weighted by molar-refractivity contribution is -0.146. The number of ether oxygens (including phenoxy) is 2. The third-order valence-electron chi connectivity index (χ3n) is 11.4. The van der Waals surface area contributed by atoms with Gasteiger partial charge in [-0.05, 0) is 70.3 Å². The summed E-state index contributed by atoms with van der Waals surface area (Å²) in [6, 6.07) is 8.62. The normalized spacial score (nSPS) is 18.2. The highest BCUT2D eigenvalue weighted by Crippen LogP contribution is 2.30. The summed E-state index contributed by atoms with van der Waals surface area (Å²) in [5.74, 6) is -1.19. The number of likely N-dealkylation sites (N-methyl/N-ethyl adjacent to an activating group) is 2. The van der Waals surface area contributed by atoms with Crippen molar-refractivity contribution >= 4 is 35.0 Å². The number of rotatable bonds is 24. The van der Waals surface area contributed by atoms with Gasteiger partial charge in [0.1, 0.15) is 5.01 Å². The van der Waals surface area contributed by atoms with Crippen LogP contribution in [0, 0.1) is 17.8 Å². The Kier molecular flexibility index (Phi) is 19.9. The van der Waals surface area contributed by atoms with Gasteiger partial charge in [0, 0.05) is 39.4 Å². The van der Waals surface area contributed by atoms with Gasteiger partial charge in [0.2, 0.25) is 23.6 Å². The van der Waals surface area contributed by atoms with Gasteiger partial charge >= 0.3 is 0 Å². The van der Waals surface area contributed by atoms with Gasteiger partial charge in [0.25, 0.3) is 0 Å². The molecule has 314 valence electrons. The smallest absolute Gasteiger partial charge is 0.242 e. The highest BCUT2D eigenvalue weighted by Gasteiger charge is 2.42. The Bertz CT molecular complexity index is 1480. The number of carbonyl (C=O) groups excluding carboxylic acids is 4. The minimum atomic E-state index is -0.594. The summed E-state index contributed by atoms with van der Waals surface area (Å²) in [5, 5.41) is 12.0. The van der Waals surface area contributed by atoms with Crippen molar-refractivity contribution in [1.29, 1.82) is 0 Å². The molecule has 8 atom stereocenters. The fraction of sp³-hybridized carbons (Fsp3) is 0.690. The van der Waals surface area contributed by atoms with Crippen LogP contribution < -0.4 is 16.0 Å². The number of benzene rings is 1. The summed E-state index contributed by atoms with van der Waals surface area (Å²) in [4.78, 5) is 65.2. The summed E-state index contributed by atoms with van der Waals surface area (Å²) in [5.41, 5.74) is 1.09. The Morgan fingerprint density at radius 3 is 2.34 bits per heavy atom. The van der Waals surface area contributed by atoms with Crippen LogP contribution in [0.15, 0.2) is 41.9 Å². The van der Waals surface area contributed by atoms with Gasteiger partial charge in [-0.15, -0.1) is 11.3 Å². The van der Waals surface area contributed by atoms with Gasteiger partial charge in [-0.25, -0.2) is 4.98 Å². The quantitative estimate of drug-likeness (QED) is 0.134. The first-order chi connectivity index (χ1) is 26.8. The number of amides is 4. The van der Waals surface area contributed by atoms with Crippen molar-refractivity contribution in [2.24, 2.45) is 17.8 Å². The molecule has 1 aromatic heterocycles. The van der Waals surface area contributed by atoms with Crippen LogP contribution in [-0.4, -0.2) is 135 Å². The molecule has 4 amide bonds. The van der Waals surface area contributed by atoms with Crippen molar-refractivity contribution in [3.63, 3.8) is 0 Å². The lowest BCUT2D eigenvalue weighted by Gasteiger charge is -2.39. The fourth-order valence-electron chi connectivity index (χ4n) is 8.13. The highest BCUT2D eigenvalue weighted by molar-refractivity contribution is 7.09. The van der Waals surface area contributed by atoms with E-state index in [0.717, 1.165) is 42.9 Å². The average molecular weight is 800 g/mol. The van der Waals surface area contributed by atoms with E-state index in [4.69, 9.17) is 9.47 Å². The van der Waals surface area contributed by atoms with E-state index in [1.807, 2.05) is 80.4 Å². The van der Waals surface area contributed by atoms with Crippen molar-refractivity contribution in [2.75, 3.05) is 61.5 Å². The zero-order chi connectivity index (χ0) is 41.4. The maximum absolute atomic E-state index is 14.2. The summed E-state index contributed by atoms with van der Waals surface area (Å²) >= 11 is 1.51. The van der Waals surface area contributed by atoms with Crippen LogP contribution in [0.3, 0.4) is 0 Å². The molecule has 2 heterocycles. The standard InChI is InChI=1S/C42H69N7O6S/c1-11-29(4)38(48(8)36(51)27-45-41(53)37(28(2)3)47(7)22-16-20-43-6)34(54-9)26-35(50)49-23-15-19-33(49)39(55-10)30(5)40(52)46-32(42-44-21-24-56-42)25-31-17-13-12-14-18-31/h12-14,17-18,21,24,28-30,32-34,37-39,43H,11,15-16,19-20,22-23,25-27H2,1-10H3,(H,45,53)(H,46,52)/t29?,30-,32?,33?,34?,37?,38?,39?/m1/s1. The van der Waals surface area contributed by atoms with Crippen molar-refractivity contribution in [3.8, 4) is 0 Å². The lowest BCUT2D eigenvalue weighted by Crippen LogP contribution is -2.55. The van der Waals surface area contributed by atoms with E-state index in [1.54, 1.807) is 32.4 Å². The molecule has 0 spiro atoms. The Hall–Kier alpha value is -3.43. The van der Waals surface area contributed by atoms with Crippen molar-refractivity contribution in [1.82, 2.24) is 35.6 Å². The molecule has 56 heavy (non-hydrogen) atoms. The summed E-state index contributed by atoms with van der Waals surface area (Å²) in [7, 11) is 8.74. The molecule has 2 aromatic rings. The Morgan fingerprint density at radius 1 is 1.04 bits per heavy atom. The lowest BCUT2D eigenvalue weighted by atomic mass is 9.90. The third-order valence-corrected chi connectivity index (χ3v) is 12.3. The molecular formula is C42H69N7O6S. The molecule has 1 fully saturated rings. The van der Waals surface area contributed by atoms with Crippen LogP contribution in [0.2, 0.25) is 0 Å². The molecule has 1 saturated heterocycles. The molecule has 3 rings (SSSR count). The Labute approximate surface area is 339 Å². The molecular weight excluding hydrogens is 731 g/mol. The second kappa shape index (κ2) is 23.7. The van der Waals surface area contributed by atoms with Gasteiger partial charge < -0.3 is 35.2 Å². The zero-order valence-electron chi connectivity index (χ0n) is 35.5. The highest BCUT2D eigenvalue weighted by atomic mass is 32.1. The fourth-order valence-corrected chi connectivity index (χ4v) is 8.82. The van der Waals surface area contributed by atoms with Gasteiger partial charge in [0.05, 0.1) is 55.3 Å². The van der Waals surface area contributed by atoms with E-state index in [2.05, 4.69) is 34.8 Å². The molecule has 1 aliphatic rings. The minimum absolute atomic E-state index is 0.00519. The number of nitrogens with zero attached hydrogens (tertiary/aromatic N) is 4. The SMILES string of the molecule is CCC(C)C(C(CC(=O)N1CCCC1C(OC)[C@@H](C)C(=O)NC(Cc1ccccc1)c1nccs1)OC)N(C)C(=O)CNC(=O)C(C(C)C)N(C)CCCNC. The van der Waals surface area contributed by atoms with Gasteiger partial charge in [-0.2, -0.15) is 0 Å². The maximum Gasteiger partial charge on any atom is 0.242 e. The van der Waals surface area contributed by atoms with E-state index in [-0.39, 0.29) is 66.6 Å². The monoisotopic (exact) mass is 800 g/mol. The summed E-state index contributed by atoms with van der Waals surface area (Å²) in [6.07, 6.45) is 4.42. The zero-order valence-corrected chi connectivity index (χ0v) is 36.3.